The predicted octanol–water partition coefficient (Wildman–Crippen LogP) is 0.396. The molecule has 74 valence electrons. The summed E-state index contributed by atoms with van der Waals surface area (Å²) in [6.07, 6.45) is 1.73. The number of hydrogen-bond donors (Lipinski definition) is 1. The quantitative estimate of drug-likeness (QED) is 0.369. The van der Waals surface area contributed by atoms with Crippen LogP contribution in [0.2, 0.25) is 0 Å². The molecule has 0 aliphatic heterocycles. The highest BCUT2D eigenvalue weighted by atomic mass is 16.5. The molecule has 0 unspecified atom stereocenters. The van der Waals surface area contributed by atoms with Gasteiger partial charge < -0.3 is 10.1 Å². The average Bonchev–Trinajstić information content (AvgIpc) is 2.14. The standard InChI is InChI=1S/C9H16N2O2/c1-8(4-5-10-2)9(12)11-6-7-13-3/h4H,2,5-7H2,1,3H3,(H,11,12)/b8-4+. The fraction of sp³-hybridized carbons (Fsp3) is 0.556. The molecule has 0 aromatic rings. The molecule has 0 aliphatic carbocycles. The number of ether oxygens (including phenoxy) is 1. The SMILES string of the molecule is C=NC/C=C(\C)C(=O)NCCOC. The number of aliphatic imine (C=N–C) groups is 1. The van der Waals surface area contributed by atoms with Gasteiger partial charge in [0.25, 0.3) is 0 Å². The van der Waals surface area contributed by atoms with Crippen molar-refractivity contribution in [3.05, 3.63) is 11.6 Å². The first-order chi connectivity index (χ1) is 6.22. The minimum absolute atomic E-state index is 0.0827. The van der Waals surface area contributed by atoms with Crippen molar-refractivity contribution in [3.63, 3.8) is 0 Å². The van der Waals surface area contributed by atoms with Gasteiger partial charge in [-0.25, -0.2) is 0 Å². The second-order valence-corrected chi connectivity index (χ2v) is 2.54. The number of hydrogen-bond acceptors (Lipinski definition) is 3. The highest BCUT2D eigenvalue weighted by molar-refractivity contribution is 5.92. The maximum atomic E-state index is 11.2. The van der Waals surface area contributed by atoms with E-state index >= 15 is 0 Å². The molecule has 0 radical (unpaired) electrons. The first-order valence-corrected chi connectivity index (χ1v) is 4.08. The Bertz CT molecular complexity index is 200. The highest BCUT2D eigenvalue weighted by Gasteiger charge is 2.00. The molecule has 0 aromatic heterocycles. The van der Waals surface area contributed by atoms with Gasteiger partial charge in [0.15, 0.2) is 0 Å². The molecule has 0 saturated carbocycles. The van der Waals surface area contributed by atoms with Gasteiger partial charge in [-0.3, -0.25) is 9.79 Å². The summed E-state index contributed by atoms with van der Waals surface area (Å²) < 4.78 is 4.79. The summed E-state index contributed by atoms with van der Waals surface area (Å²) in [6, 6.07) is 0. The Morgan fingerprint density at radius 3 is 2.92 bits per heavy atom. The first kappa shape index (κ1) is 11.8. The molecule has 1 N–H and O–H groups in total. The molecule has 0 heterocycles. The van der Waals surface area contributed by atoms with E-state index in [-0.39, 0.29) is 5.91 Å². The predicted molar refractivity (Wildman–Crippen MR) is 53.1 cm³/mol. The van der Waals surface area contributed by atoms with Gasteiger partial charge in [0, 0.05) is 19.2 Å². The second-order valence-electron chi connectivity index (χ2n) is 2.54. The van der Waals surface area contributed by atoms with Crippen LogP contribution >= 0.6 is 0 Å². The fourth-order valence-electron chi connectivity index (χ4n) is 0.700. The van der Waals surface area contributed by atoms with Crippen LogP contribution in [0.15, 0.2) is 16.6 Å². The van der Waals surface area contributed by atoms with Gasteiger partial charge in [0.05, 0.1) is 13.2 Å². The largest absolute Gasteiger partial charge is 0.383 e. The zero-order valence-corrected chi connectivity index (χ0v) is 8.17. The molecule has 1 amide bonds. The van der Waals surface area contributed by atoms with Crippen LogP contribution in [0.4, 0.5) is 0 Å². The summed E-state index contributed by atoms with van der Waals surface area (Å²) in [5.41, 5.74) is 0.656. The van der Waals surface area contributed by atoms with E-state index < -0.39 is 0 Å². The van der Waals surface area contributed by atoms with Gasteiger partial charge in [0.2, 0.25) is 5.91 Å². The number of nitrogens with one attached hydrogen (secondary N) is 1. The molecule has 0 rings (SSSR count). The van der Waals surface area contributed by atoms with Crippen molar-refractivity contribution in [2.75, 3.05) is 26.8 Å². The number of carbonyl (C=O) groups excluding carboxylic acids is 1. The van der Waals surface area contributed by atoms with E-state index in [1.807, 2.05) is 0 Å². The lowest BCUT2D eigenvalue weighted by atomic mass is 10.2. The zero-order chi connectivity index (χ0) is 10.1. The third-order valence-electron chi connectivity index (χ3n) is 1.48. The lowest BCUT2D eigenvalue weighted by molar-refractivity contribution is -0.117. The Hall–Kier alpha value is -1.16. The molecule has 0 aliphatic rings. The van der Waals surface area contributed by atoms with Crippen LogP contribution in [0.3, 0.4) is 0 Å². The van der Waals surface area contributed by atoms with Crippen molar-refractivity contribution >= 4 is 12.6 Å². The van der Waals surface area contributed by atoms with E-state index in [2.05, 4.69) is 17.0 Å². The van der Waals surface area contributed by atoms with Gasteiger partial charge in [-0.1, -0.05) is 6.08 Å². The number of carbonyl (C=O) groups is 1. The Morgan fingerprint density at radius 2 is 2.38 bits per heavy atom. The van der Waals surface area contributed by atoms with Crippen LogP contribution in [-0.4, -0.2) is 39.4 Å². The Morgan fingerprint density at radius 1 is 1.69 bits per heavy atom. The topological polar surface area (TPSA) is 50.7 Å². The molecule has 0 atom stereocenters. The Kier molecular flexibility index (Phi) is 6.82. The van der Waals surface area contributed by atoms with Crippen molar-refractivity contribution in [1.82, 2.24) is 5.32 Å². The summed E-state index contributed by atoms with van der Waals surface area (Å²) >= 11 is 0. The minimum atomic E-state index is -0.0827. The molecule has 4 heteroatoms. The van der Waals surface area contributed by atoms with E-state index in [4.69, 9.17) is 4.74 Å². The maximum Gasteiger partial charge on any atom is 0.246 e. The normalized spacial score (nSPS) is 11.1. The molecular weight excluding hydrogens is 168 g/mol. The molecule has 0 fully saturated rings. The van der Waals surface area contributed by atoms with Crippen LogP contribution in [0.25, 0.3) is 0 Å². The van der Waals surface area contributed by atoms with Gasteiger partial charge >= 0.3 is 0 Å². The third-order valence-corrected chi connectivity index (χ3v) is 1.48. The van der Waals surface area contributed by atoms with E-state index in [1.165, 1.54) is 0 Å². The smallest absolute Gasteiger partial charge is 0.246 e. The Balaban J connectivity index is 3.75. The lowest BCUT2D eigenvalue weighted by Crippen LogP contribution is -2.27. The van der Waals surface area contributed by atoms with Gasteiger partial charge in [-0.15, -0.1) is 0 Å². The third kappa shape index (κ3) is 6.04. The molecule has 0 saturated heterocycles. The molecule has 0 bridgehead atoms. The van der Waals surface area contributed by atoms with Gasteiger partial charge in [0.1, 0.15) is 0 Å². The molecular formula is C9H16N2O2. The summed E-state index contributed by atoms with van der Waals surface area (Å²) in [7, 11) is 1.59. The number of amides is 1. The van der Waals surface area contributed by atoms with Crippen LogP contribution in [0, 0.1) is 0 Å². The summed E-state index contributed by atoms with van der Waals surface area (Å²) in [5, 5.41) is 2.70. The van der Waals surface area contributed by atoms with Crippen LogP contribution < -0.4 is 5.32 Å². The summed E-state index contributed by atoms with van der Waals surface area (Å²) in [6.45, 7) is 6.60. The van der Waals surface area contributed by atoms with E-state index in [0.29, 0.717) is 25.3 Å². The van der Waals surface area contributed by atoms with Gasteiger partial charge in [-0.05, 0) is 13.6 Å². The van der Waals surface area contributed by atoms with Crippen molar-refractivity contribution < 1.29 is 9.53 Å². The number of nitrogens with zero attached hydrogens (tertiary/aromatic N) is 1. The van der Waals surface area contributed by atoms with Crippen LogP contribution in [0.1, 0.15) is 6.92 Å². The number of rotatable bonds is 6. The lowest BCUT2D eigenvalue weighted by Gasteiger charge is -2.03. The monoisotopic (exact) mass is 184 g/mol. The molecule has 4 nitrogen and oxygen atoms in total. The zero-order valence-electron chi connectivity index (χ0n) is 8.17. The fourth-order valence-corrected chi connectivity index (χ4v) is 0.700. The summed E-state index contributed by atoms with van der Waals surface area (Å²) in [5.74, 6) is -0.0827. The highest BCUT2D eigenvalue weighted by Crippen LogP contribution is 1.91. The van der Waals surface area contributed by atoms with E-state index in [1.54, 1.807) is 20.1 Å². The summed E-state index contributed by atoms with van der Waals surface area (Å²) in [4.78, 5) is 14.9. The number of methoxy groups -OCH3 is 1. The molecule has 13 heavy (non-hydrogen) atoms. The van der Waals surface area contributed by atoms with Crippen molar-refractivity contribution in [1.29, 1.82) is 0 Å². The average molecular weight is 184 g/mol. The van der Waals surface area contributed by atoms with E-state index in [9.17, 15) is 4.79 Å². The van der Waals surface area contributed by atoms with E-state index in [0.717, 1.165) is 0 Å². The molecule has 0 spiro atoms. The minimum Gasteiger partial charge on any atom is -0.383 e. The van der Waals surface area contributed by atoms with Gasteiger partial charge in [-0.2, -0.15) is 0 Å². The van der Waals surface area contributed by atoms with Crippen LogP contribution in [-0.2, 0) is 9.53 Å². The second kappa shape index (κ2) is 7.49. The molecule has 0 aromatic carbocycles. The van der Waals surface area contributed by atoms with Crippen molar-refractivity contribution in [2.24, 2.45) is 4.99 Å². The van der Waals surface area contributed by atoms with Crippen molar-refractivity contribution in [2.45, 2.75) is 6.92 Å². The van der Waals surface area contributed by atoms with Crippen molar-refractivity contribution in [3.8, 4) is 0 Å². The maximum absolute atomic E-state index is 11.2. The first-order valence-electron chi connectivity index (χ1n) is 4.08. The van der Waals surface area contributed by atoms with Crippen LogP contribution in [0.5, 0.6) is 0 Å². The Labute approximate surface area is 78.7 Å².